The Balaban J connectivity index is 2.50. The first kappa shape index (κ1) is 16.0. The highest BCUT2D eigenvalue weighted by Gasteiger charge is 2.38. The maximum atomic E-state index is 13.0. The molecule has 10 heteroatoms. The van der Waals surface area contributed by atoms with Gasteiger partial charge in [0.15, 0.2) is 16.6 Å². The topological polar surface area (TPSA) is 78.2 Å². The molecule has 0 saturated heterocycles. The average Bonchev–Trinajstić information content (AvgIpc) is 2.40. The number of halogens is 4. The Morgan fingerprint density at radius 1 is 1.32 bits per heavy atom. The summed E-state index contributed by atoms with van der Waals surface area (Å²) in [6.45, 7) is 1.25. The van der Waals surface area contributed by atoms with E-state index in [2.05, 4.69) is 9.97 Å². The molecule has 1 aromatic heterocycles. The van der Waals surface area contributed by atoms with Crippen LogP contribution in [0.3, 0.4) is 0 Å². The summed E-state index contributed by atoms with van der Waals surface area (Å²) in [5, 5.41) is 10.1. The fraction of sp³-hybridized carbons (Fsp3) is 0.167. The average molecular weight is 334 g/mol. The summed E-state index contributed by atoms with van der Waals surface area (Å²) in [6.07, 6.45) is -4.81. The Morgan fingerprint density at radius 2 is 2.00 bits per heavy atom. The molecule has 1 aromatic carbocycles. The second-order valence-corrected chi connectivity index (χ2v) is 4.45. The van der Waals surface area contributed by atoms with Gasteiger partial charge in [-0.15, -0.1) is 0 Å². The number of alkyl halides is 3. The third kappa shape index (κ3) is 3.42. The van der Waals surface area contributed by atoms with E-state index in [0.717, 1.165) is 6.07 Å². The minimum atomic E-state index is -4.81. The van der Waals surface area contributed by atoms with Gasteiger partial charge < -0.3 is 4.74 Å². The lowest BCUT2D eigenvalue weighted by atomic mass is 10.3. The highest BCUT2D eigenvalue weighted by atomic mass is 35.5. The van der Waals surface area contributed by atoms with E-state index in [9.17, 15) is 23.3 Å². The summed E-state index contributed by atoms with van der Waals surface area (Å²) < 4.78 is 44.0. The number of nitro benzene ring substituents is 1. The molecule has 0 aliphatic heterocycles. The molecular formula is C12H7ClF3N3O3. The van der Waals surface area contributed by atoms with Gasteiger partial charge in [-0.05, 0) is 13.0 Å². The van der Waals surface area contributed by atoms with Gasteiger partial charge >= 0.3 is 6.18 Å². The zero-order chi connectivity index (χ0) is 16.5. The molecule has 0 saturated carbocycles. The maximum Gasteiger partial charge on any atom is 0.437 e. The molecule has 2 aromatic rings. The van der Waals surface area contributed by atoms with Crippen LogP contribution in [0.25, 0.3) is 0 Å². The number of hydrogen-bond donors (Lipinski definition) is 0. The first-order valence-electron chi connectivity index (χ1n) is 5.72. The summed E-state index contributed by atoms with van der Waals surface area (Å²) >= 11 is 5.68. The number of ether oxygens (including phenoxy) is 1. The van der Waals surface area contributed by atoms with Crippen molar-refractivity contribution >= 4 is 17.3 Å². The summed E-state index contributed by atoms with van der Waals surface area (Å²) in [7, 11) is 0. The Bertz CT molecular complexity index is 737. The fourth-order valence-corrected chi connectivity index (χ4v) is 1.84. The van der Waals surface area contributed by atoms with Crippen LogP contribution in [0.1, 0.15) is 11.5 Å². The molecule has 0 bridgehead atoms. The molecule has 0 atom stereocenters. The minimum absolute atomic E-state index is 0.177. The Kier molecular flexibility index (Phi) is 4.18. The van der Waals surface area contributed by atoms with E-state index in [4.69, 9.17) is 16.3 Å². The fourth-order valence-electron chi connectivity index (χ4n) is 1.59. The number of aryl methyl sites for hydroxylation is 1. The smallest absolute Gasteiger partial charge is 0.437 e. The lowest BCUT2D eigenvalue weighted by molar-refractivity contribution is -0.384. The Morgan fingerprint density at radius 3 is 2.59 bits per heavy atom. The van der Waals surface area contributed by atoms with Gasteiger partial charge in [0.1, 0.15) is 11.6 Å². The Hall–Kier alpha value is -2.42. The number of non-ortho nitro benzene ring substituents is 1. The van der Waals surface area contributed by atoms with E-state index in [1.165, 1.54) is 25.1 Å². The molecule has 0 N–H and O–H groups in total. The van der Waals surface area contributed by atoms with Gasteiger partial charge in [-0.3, -0.25) is 10.1 Å². The van der Waals surface area contributed by atoms with Crippen LogP contribution in [-0.4, -0.2) is 14.9 Å². The van der Waals surface area contributed by atoms with E-state index in [1.807, 2.05) is 0 Å². The third-order valence-corrected chi connectivity index (χ3v) is 2.71. The predicted molar refractivity (Wildman–Crippen MR) is 70.0 cm³/mol. The van der Waals surface area contributed by atoms with Gasteiger partial charge in [-0.25, -0.2) is 9.97 Å². The zero-order valence-corrected chi connectivity index (χ0v) is 11.6. The molecule has 0 aliphatic carbocycles. The predicted octanol–water partition coefficient (Wildman–Crippen LogP) is 4.16. The highest BCUT2D eigenvalue weighted by Crippen LogP contribution is 2.40. The van der Waals surface area contributed by atoms with Crippen molar-refractivity contribution in [3.05, 3.63) is 51.1 Å². The molecule has 0 fully saturated rings. The van der Waals surface area contributed by atoms with E-state index >= 15 is 0 Å². The van der Waals surface area contributed by atoms with Gasteiger partial charge in [0.05, 0.1) is 11.0 Å². The van der Waals surface area contributed by atoms with Crippen LogP contribution in [-0.2, 0) is 6.18 Å². The summed E-state index contributed by atoms with van der Waals surface area (Å²) in [6, 6.07) is 4.66. The molecule has 2 rings (SSSR count). The van der Waals surface area contributed by atoms with Crippen LogP contribution < -0.4 is 4.74 Å². The van der Waals surface area contributed by atoms with Crippen molar-refractivity contribution in [1.82, 2.24) is 9.97 Å². The second-order valence-electron chi connectivity index (χ2n) is 4.09. The van der Waals surface area contributed by atoms with E-state index in [0.29, 0.717) is 0 Å². The van der Waals surface area contributed by atoms with Gasteiger partial charge in [0.2, 0.25) is 0 Å². The SMILES string of the molecule is Cc1nc(Cl)c(Oc2cccc([N+](=O)[O-])c2)c(C(F)(F)F)n1. The van der Waals surface area contributed by atoms with E-state index in [1.54, 1.807) is 0 Å². The van der Waals surface area contributed by atoms with E-state index in [-0.39, 0.29) is 17.3 Å². The van der Waals surface area contributed by atoms with Crippen molar-refractivity contribution < 1.29 is 22.8 Å². The highest BCUT2D eigenvalue weighted by molar-refractivity contribution is 6.30. The normalized spacial score (nSPS) is 11.3. The van der Waals surface area contributed by atoms with Gasteiger partial charge in [-0.1, -0.05) is 17.7 Å². The van der Waals surface area contributed by atoms with Crippen LogP contribution >= 0.6 is 11.6 Å². The Labute approximate surface area is 126 Å². The largest absolute Gasteiger partial charge is 0.452 e. The number of nitro groups is 1. The second kappa shape index (κ2) is 5.76. The van der Waals surface area contributed by atoms with Crippen molar-refractivity contribution in [2.75, 3.05) is 0 Å². The number of aromatic nitrogens is 2. The third-order valence-electron chi connectivity index (χ3n) is 2.45. The lowest BCUT2D eigenvalue weighted by Crippen LogP contribution is -2.12. The quantitative estimate of drug-likeness (QED) is 0.479. The maximum absolute atomic E-state index is 13.0. The summed E-state index contributed by atoms with van der Waals surface area (Å²) in [4.78, 5) is 16.8. The number of nitrogens with zero attached hydrogens (tertiary/aromatic N) is 3. The minimum Gasteiger partial charge on any atom is -0.452 e. The molecule has 116 valence electrons. The van der Waals surface area contributed by atoms with Crippen molar-refractivity contribution in [2.45, 2.75) is 13.1 Å². The molecule has 0 spiro atoms. The standard InChI is InChI=1S/C12H7ClF3N3O3/c1-6-17-10(12(14,15)16)9(11(13)18-6)22-8-4-2-3-7(5-8)19(20)21/h2-5H,1H3. The molecule has 0 aliphatic rings. The number of benzene rings is 1. The van der Waals surface area contributed by atoms with Crippen LogP contribution in [0, 0.1) is 17.0 Å². The molecule has 0 radical (unpaired) electrons. The molecule has 6 nitrogen and oxygen atoms in total. The molecule has 0 amide bonds. The van der Waals surface area contributed by atoms with Gasteiger partial charge in [0.25, 0.3) is 5.69 Å². The number of rotatable bonds is 3. The first-order chi connectivity index (χ1) is 10.2. The molecular weight excluding hydrogens is 327 g/mol. The molecule has 0 unspecified atom stereocenters. The van der Waals surface area contributed by atoms with Gasteiger partial charge in [0, 0.05) is 6.07 Å². The van der Waals surface area contributed by atoms with Gasteiger partial charge in [-0.2, -0.15) is 13.2 Å². The van der Waals surface area contributed by atoms with E-state index < -0.39 is 27.7 Å². The van der Waals surface area contributed by atoms with Crippen LogP contribution in [0.4, 0.5) is 18.9 Å². The lowest BCUT2D eigenvalue weighted by Gasteiger charge is -2.14. The monoisotopic (exact) mass is 333 g/mol. The summed E-state index contributed by atoms with van der Waals surface area (Å²) in [5.41, 5.74) is -1.69. The van der Waals surface area contributed by atoms with Crippen molar-refractivity contribution in [1.29, 1.82) is 0 Å². The van der Waals surface area contributed by atoms with Crippen LogP contribution in [0.5, 0.6) is 11.5 Å². The van der Waals surface area contributed by atoms with Crippen LogP contribution in [0.2, 0.25) is 5.15 Å². The summed E-state index contributed by atoms with van der Waals surface area (Å²) in [5.74, 6) is -1.17. The van der Waals surface area contributed by atoms with Crippen molar-refractivity contribution in [2.24, 2.45) is 0 Å². The number of hydrogen-bond acceptors (Lipinski definition) is 5. The molecule has 1 heterocycles. The zero-order valence-electron chi connectivity index (χ0n) is 10.9. The first-order valence-corrected chi connectivity index (χ1v) is 6.10. The van der Waals surface area contributed by atoms with Crippen molar-refractivity contribution in [3.8, 4) is 11.5 Å². The van der Waals surface area contributed by atoms with Crippen LogP contribution in [0.15, 0.2) is 24.3 Å². The van der Waals surface area contributed by atoms with Crippen molar-refractivity contribution in [3.63, 3.8) is 0 Å². The molecule has 22 heavy (non-hydrogen) atoms.